The van der Waals surface area contributed by atoms with Crippen molar-refractivity contribution in [1.82, 2.24) is 4.72 Å². The lowest BCUT2D eigenvalue weighted by Crippen LogP contribution is -2.38. The molecule has 0 saturated heterocycles. The van der Waals surface area contributed by atoms with E-state index in [1.54, 1.807) is 4.72 Å². The van der Waals surface area contributed by atoms with Crippen LogP contribution in [0.1, 0.15) is 22.8 Å². The van der Waals surface area contributed by atoms with Crippen LogP contribution < -0.4 is 10.0 Å². The maximum Gasteiger partial charge on any atom is 0.419 e. The van der Waals surface area contributed by atoms with E-state index in [1.165, 1.54) is 0 Å². The van der Waals surface area contributed by atoms with Gasteiger partial charge in [0.2, 0.25) is 10.0 Å². The van der Waals surface area contributed by atoms with Gasteiger partial charge in [0.05, 0.1) is 16.0 Å². The van der Waals surface area contributed by atoms with Gasteiger partial charge in [-0.05, 0) is 43.3 Å². The van der Waals surface area contributed by atoms with E-state index in [9.17, 15) is 40.0 Å². The summed E-state index contributed by atoms with van der Waals surface area (Å²) in [6.45, 7) is 1.04. The van der Waals surface area contributed by atoms with Gasteiger partial charge < -0.3 is 10.4 Å². The largest absolute Gasteiger partial charge is 0.480 e. The molecular formula is C17H13F5N2O5S. The average molecular weight is 452 g/mol. The van der Waals surface area contributed by atoms with Gasteiger partial charge >= 0.3 is 12.1 Å². The summed E-state index contributed by atoms with van der Waals surface area (Å²) in [4.78, 5) is 22.4. The number of amides is 1. The predicted octanol–water partition coefficient (Wildman–Crippen LogP) is 2.99. The molecule has 3 N–H and O–H groups in total. The van der Waals surface area contributed by atoms with Gasteiger partial charge in [-0.3, -0.25) is 9.59 Å². The molecule has 0 aliphatic heterocycles. The molecule has 0 radical (unpaired) electrons. The number of carboxylic acid groups (broad SMARTS) is 1. The van der Waals surface area contributed by atoms with E-state index in [4.69, 9.17) is 5.11 Å². The number of carbonyl (C=O) groups is 2. The number of nitrogens with one attached hydrogen (secondary N) is 2. The number of sulfonamides is 1. The number of carbonyl (C=O) groups excluding carboxylic acids is 1. The van der Waals surface area contributed by atoms with Gasteiger partial charge in [0.1, 0.15) is 17.7 Å². The molecule has 0 spiro atoms. The fourth-order valence-electron chi connectivity index (χ4n) is 2.22. The summed E-state index contributed by atoms with van der Waals surface area (Å²) in [5, 5.41) is 10.7. The summed E-state index contributed by atoms with van der Waals surface area (Å²) < 4.78 is 91.5. The van der Waals surface area contributed by atoms with E-state index in [0.29, 0.717) is 24.3 Å². The van der Waals surface area contributed by atoms with Gasteiger partial charge in [-0.1, -0.05) is 0 Å². The Morgan fingerprint density at radius 2 is 1.67 bits per heavy atom. The second-order valence-electron chi connectivity index (χ2n) is 5.97. The van der Waals surface area contributed by atoms with Gasteiger partial charge in [-0.2, -0.15) is 17.9 Å². The zero-order valence-corrected chi connectivity index (χ0v) is 15.7. The van der Waals surface area contributed by atoms with Crippen LogP contribution in [0.3, 0.4) is 0 Å². The standard InChI is InChI=1S/C17H13F5N2O5S/c1-8(16(26)27)24-30(28,29)10-3-5-13(18)11(7-10)15(25)23-9-2-4-12(14(19)6-9)17(20,21)22/h2-8,24H,1H3,(H,23,25)(H,26,27)/t8-/m1/s1. The van der Waals surface area contributed by atoms with Crippen LogP contribution in [-0.4, -0.2) is 31.4 Å². The molecule has 162 valence electrons. The highest BCUT2D eigenvalue weighted by atomic mass is 32.2. The number of aliphatic carboxylic acids is 1. The van der Waals surface area contributed by atoms with E-state index in [0.717, 1.165) is 19.1 Å². The minimum absolute atomic E-state index is 0.370. The minimum atomic E-state index is -4.96. The summed E-state index contributed by atoms with van der Waals surface area (Å²) in [6.07, 6.45) is -4.96. The van der Waals surface area contributed by atoms with E-state index in [2.05, 4.69) is 0 Å². The predicted molar refractivity (Wildman–Crippen MR) is 93.2 cm³/mol. The number of hydrogen-bond donors (Lipinski definition) is 3. The van der Waals surface area contributed by atoms with E-state index in [-0.39, 0.29) is 0 Å². The molecule has 1 amide bonds. The van der Waals surface area contributed by atoms with Crippen LogP contribution in [0.4, 0.5) is 27.6 Å². The first-order valence-electron chi connectivity index (χ1n) is 7.95. The van der Waals surface area contributed by atoms with Gasteiger partial charge in [-0.15, -0.1) is 0 Å². The zero-order chi connectivity index (χ0) is 22.9. The molecule has 2 aromatic carbocycles. The van der Waals surface area contributed by atoms with Crippen molar-refractivity contribution in [3.63, 3.8) is 0 Å². The second kappa shape index (κ2) is 8.36. The molecule has 13 heteroatoms. The first kappa shape index (κ1) is 23.2. The Morgan fingerprint density at radius 1 is 1.03 bits per heavy atom. The summed E-state index contributed by atoms with van der Waals surface area (Å²) in [5.74, 6) is -5.60. The third-order valence-corrected chi connectivity index (χ3v) is 5.27. The molecule has 30 heavy (non-hydrogen) atoms. The Kier molecular flexibility index (Phi) is 6.47. The van der Waals surface area contributed by atoms with Crippen molar-refractivity contribution >= 4 is 27.6 Å². The molecule has 0 unspecified atom stereocenters. The van der Waals surface area contributed by atoms with Crippen molar-refractivity contribution in [3.8, 4) is 0 Å². The number of rotatable bonds is 6. The topological polar surface area (TPSA) is 113 Å². The molecule has 1 atom stereocenters. The number of hydrogen-bond acceptors (Lipinski definition) is 4. The van der Waals surface area contributed by atoms with Gasteiger partial charge in [0, 0.05) is 5.69 Å². The number of benzene rings is 2. The van der Waals surface area contributed by atoms with Crippen LogP contribution in [-0.2, 0) is 21.0 Å². The van der Waals surface area contributed by atoms with Crippen LogP contribution in [0.2, 0.25) is 0 Å². The Hall–Kier alpha value is -3.06. The summed E-state index contributed by atoms with van der Waals surface area (Å²) in [5.41, 5.74) is -2.82. The molecular weight excluding hydrogens is 439 g/mol. The van der Waals surface area contributed by atoms with Gasteiger partial charge in [-0.25, -0.2) is 17.2 Å². The number of anilines is 1. The SMILES string of the molecule is C[C@@H](NS(=O)(=O)c1ccc(F)c(C(=O)Nc2ccc(C(F)(F)F)c(F)c2)c1)C(=O)O. The van der Waals surface area contributed by atoms with E-state index < -0.39 is 67.5 Å². The average Bonchev–Trinajstić information content (AvgIpc) is 2.60. The monoisotopic (exact) mass is 452 g/mol. The molecule has 0 saturated carbocycles. The van der Waals surface area contributed by atoms with Crippen molar-refractivity contribution < 1.29 is 45.1 Å². The van der Waals surface area contributed by atoms with Crippen molar-refractivity contribution in [2.45, 2.75) is 24.0 Å². The third-order valence-electron chi connectivity index (χ3n) is 3.73. The van der Waals surface area contributed by atoms with Crippen LogP contribution in [0.5, 0.6) is 0 Å². The second-order valence-corrected chi connectivity index (χ2v) is 7.68. The van der Waals surface area contributed by atoms with Crippen LogP contribution >= 0.6 is 0 Å². The molecule has 7 nitrogen and oxygen atoms in total. The molecule has 0 aromatic heterocycles. The summed E-state index contributed by atoms with van der Waals surface area (Å²) in [7, 11) is -4.44. The Labute approximate surface area is 166 Å². The molecule has 2 aromatic rings. The zero-order valence-electron chi connectivity index (χ0n) is 14.9. The fourth-order valence-corrected chi connectivity index (χ4v) is 3.44. The van der Waals surface area contributed by atoms with Crippen molar-refractivity contribution in [1.29, 1.82) is 0 Å². The number of carboxylic acids is 1. The van der Waals surface area contributed by atoms with E-state index in [1.807, 2.05) is 5.32 Å². The Balaban J connectivity index is 2.32. The molecule has 0 fully saturated rings. The molecule has 0 heterocycles. The lowest BCUT2D eigenvalue weighted by atomic mass is 10.1. The lowest BCUT2D eigenvalue weighted by molar-refractivity contribution is -0.140. The highest BCUT2D eigenvalue weighted by molar-refractivity contribution is 7.89. The van der Waals surface area contributed by atoms with Crippen LogP contribution in [0.25, 0.3) is 0 Å². The smallest absolute Gasteiger partial charge is 0.419 e. The van der Waals surface area contributed by atoms with Crippen molar-refractivity contribution in [2.75, 3.05) is 5.32 Å². The lowest BCUT2D eigenvalue weighted by Gasteiger charge is -2.13. The number of halogens is 5. The summed E-state index contributed by atoms with van der Waals surface area (Å²) >= 11 is 0. The Morgan fingerprint density at radius 3 is 2.20 bits per heavy atom. The normalized spacial score (nSPS) is 13.0. The first-order chi connectivity index (χ1) is 13.7. The minimum Gasteiger partial charge on any atom is -0.480 e. The maximum absolute atomic E-state index is 14.0. The van der Waals surface area contributed by atoms with Gasteiger partial charge in [0.25, 0.3) is 5.91 Å². The fraction of sp³-hybridized carbons (Fsp3) is 0.176. The van der Waals surface area contributed by atoms with Crippen LogP contribution in [0.15, 0.2) is 41.3 Å². The van der Waals surface area contributed by atoms with Crippen LogP contribution in [0, 0.1) is 11.6 Å². The van der Waals surface area contributed by atoms with Gasteiger partial charge in [0.15, 0.2) is 0 Å². The molecule has 0 aliphatic carbocycles. The highest BCUT2D eigenvalue weighted by Crippen LogP contribution is 2.32. The summed E-state index contributed by atoms with van der Waals surface area (Å²) in [6, 6.07) is 1.96. The number of alkyl halides is 3. The molecule has 0 bridgehead atoms. The Bertz CT molecular complexity index is 1100. The maximum atomic E-state index is 14.0. The van der Waals surface area contributed by atoms with Crippen molar-refractivity contribution in [2.24, 2.45) is 0 Å². The first-order valence-corrected chi connectivity index (χ1v) is 9.43. The van der Waals surface area contributed by atoms with Crippen molar-refractivity contribution in [3.05, 3.63) is 59.2 Å². The molecule has 2 rings (SSSR count). The molecule has 0 aliphatic rings. The van der Waals surface area contributed by atoms with E-state index >= 15 is 0 Å². The third kappa shape index (κ3) is 5.30. The quantitative estimate of drug-likeness (QED) is 0.584. The highest BCUT2D eigenvalue weighted by Gasteiger charge is 2.34.